The average Bonchev–Trinajstić information content (AvgIpc) is 1.49. The molecule has 0 saturated carbocycles. The first-order valence-corrected chi connectivity index (χ1v) is 32.6. The molecule has 0 fully saturated rings. The van der Waals surface area contributed by atoms with Gasteiger partial charge in [-0.2, -0.15) is 0 Å². The molecule has 1 spiro atoms. The summed E-state index contributed by atoms with van der Waals surface area (Å²) in [6, 6.07) is 96.6. The number of nitrogens with zero attached hydrogens (tertiary/aromatic N) is 4. The molecule has 6 heterocycles. The molecule has 10 heteroatoms. The van der Waals surface area contributed by atoms with Gasteiger partial charge in [-0.3, -0.25) is 4.21 Å². The van der Waals surface area contributed by atoms with Crippen LogP contribution >= 0.6 is 47.0 Å². The number of benzene rings is 12. The van der Waals surface area contributed by atoms with Crippen molar-refractivity contribution in [3.63, 3.8) is 0 Å². The topological polar surface area (TPSA) is 30.0 Å². The van der Waals surface area contributed by atoms with Crippen LogP contribution in [-0.4, -0.2) is 4.21 Å². The Morgan fingerprint density at radius 1 is 0.220 bits per heavy atom. The van der Waals surface area contributed by atoms with Crippen molar-refractivity contribution in [3.8, 4) is 22.3 Å². The molecule has 82 heavy (non-hydrogen) atoms. The highest BCUT2D eigenvalue weighted by molar-refractivity contribution is 8.21. The molecule has 0 unspecified atom stereocenters. The number of para-hydroxylation sites is 8. The van der Waals surface area contributed by atoms with E-state index in [1.54, 1.807) is 47.0 Å². The highest BCUT2D eigenvalue weighted by atomic mass is 32.3. The zero-order valence-corrected chi connectivity index (χ0v) is 47.7. The molecule has 6 aliphatic heterocycles. The van der Waals surface area contributed by atoms with Crippen LogP contribution in [0.5, 0.6) is 0 Å². The van der Waals surface area contributed by atoms with Gasteiger partial charge in [-0.15, -0.1) is 0 Å². The van der Waals surface area contributed by atoms with Crippen molar-refractivity contribution in [2.24, 2.45) is 0 Å². The zero-order chi connectivity index (χ0) is 53.9. The summed E-state index contributed by atoms with van der Waals surface area (Å²) in [5, 5.41) is 0. The van der Waals surface area contributed by atoms with Crippen molar-refractivity contribution in [2.45, 2.75) is 58.7 Å². The summed E-state index contributed by atoms with van der Waals surface area (Å²) < 4.78 is 19.1. The molecule has 0 saturated heterocycles. The van der Waals surface area contributed by atoms with Gasteiger partial charge in [0.25, 0.3) is 0 Å². The second-order valence-corrected chi connectivity index (χ2v) is 29.1. The Morgan fingerprint density at radius 2 is 0.390 bits per heavy atom. The SMILES string of the molecule is O=S12(c3ccc(N4c5ccccc5Sc5ccccc54)cc3-c3cc(N4c5ccccc5Sc5ccccc54)ccc31)c1ccc(N3c4ccccc4Sc4ccccc43)cc1-c1cc(N3c4ccccc4Sc4ccccc43)ccc12. The summed E-state index contributed by atoms with van der Waals surface area (Å²) in [6.07, 6.45) is 0. The van der Waals surface area contributed by atoms with Crippen molar-refractivity contribution in [1.82, 2.24) is 0 Å². The zero-order valence-electron chi connectivity index (χ0n) is 43.6. The number of rotatable bonds is 4. The smallest absolute Gasteiger partial charge is 0.0601 e. The molecule has 18 rings (SSSR count). The Bertz CT molecular complexity index is 4070. The standard InChI is InChI=1S/C72H44N4OS5/c77-82(69-37-33-45(73-53-17-1-9-25-61(53)78-62-26-10-2-18-54(62)73)41-49(69)50-42-46(34-38-70(50)82)74-55-19-3-11-27-63(55)79-64-28-12-4-20-56(64)74)71-39-35-47(75-57-21-5-13-29-65(57)80-66-30-14-6-22-58(66)75)43-51(71)52-44-48(36-40-72(52)82)76-59-23-7-15-31-67(59)81-68-32-16-8-24-60(68)76/h1-44H. The van der Waals surface area contributed by atoms with Crippen molar-refractivity contribution < 1.29 is 4.21 Å². The van der Waals surface area contributed by atoms with Crippen molar-refractivity contribution >= 4 is 124 Å². The highest BCUT2D eigenvalue weighted by Gasteiger charge is 2.58. The van der Waals surface area contributed by atoms with Gasteiger partial charge < -0.3 is 19.6 Å². The Morgan fingerprint density at radius 3 is 0.573 bits per heavy atom. The Labute approximate surface area is 492 Å². The molecule has 6 aliphatic rings. The van der Waals surface area contributed by atoms with Crippen LogP contribution in [0, 0.1) is 0 Å². The molecular formula is C72H44N4OS5. The van der Waals surface area contributed by atoms with E-state index in [0.29, 0.717) is 0 Å². The normalized spacial score (nSPS) is 15.8. The third-order valence-corrected chi connectivity index (χ3v) is 26.2. The van der Waals surface area contributed by atoms with Gasteiger partial charge in [0.05, 0.1) is 45.5 Å². The fourth-order valence-corrected chi connectivity index (χ4v) is 22.8. The van der Waals surface area contributed by atoms with Crippen LogP contribution in [0.25, 0.3) is 22.3 Å². The van der Waals surface area contributed by atoms with E-state index in [9.17, 15) is 0 Å². The van der Waals surface area contributed by atoms with Crippen LogP contribution < -0.4 is 19.6 Å². The maximum atomic E-state index is 19.1. The molecule has 388 valence electrons. The van der Waals surface area contributed by atoms with Gasteiger partial charge in [0.1, 0.15) is 0 Å². The molecule has 0 aliphatic carbocycles. The fraction of sp³-hybridized carbons (Fsp3) is 0. The summed E-state index contributed by atoms with van der Waals surface area (Å²) in [6.45, 7) is 0. The molecule has 0 N–H and O–H groups in total. The van der Waals surface area contributed by atoms with E-state index in [0.717, 1.165) is 110 Å². The van der Waals surface area contributed by atoms with Crippen LogP contribution in [0.3, 0.4) is 0 Å². The summed E-state index contributed by atoms with van der Waals surface area (Å²) >= 11 is 7.22. The lowest BCUT2D eigenvalue weighted by Crippen LogP contribution is -2.30. The summed E-state index contributed by atoms with van der Waals surface area (Å²) in [5.74, 6) is 0. The largest absolute Gasteiger partial charge is 0.308 e. The molecule has 0 bridgehead atoms. The summed E-state index contributed by atoms with van der Waals surface area (Å²) in [7, 11) is -4.50. The second-order valence-electron chi connectivity index (χ2n) is 21.2. The number of hydrogen-bond donors (Lipinski definition) is 0. The number of hydrogen-bond acceptors (Lipinski definition) is 9. The lowest BCUT2D eigenvalue weighted by atomic mass is 10.0. The molecule has 0 atom stereocenters. The summed E-state index contributed by atoms with van der Waals surface area (Å²) in [5.41, 5.74) is 16.8. The van der Waals surface area contributed by atoms with Crippen LogP contribution in [0.15, 0.2) is 326 Å². The maximum absolute atomic E-state index is 19.1. The predicted octanol–water partition coefficient (Wildman–Crippen LogP) is 21.7. The van der Waals surface area contributed by atoms with E-state index < -0.39 is 9.07 Å². The Balaban J connectivity index is 0.930. The Hall–Kier alpha value is -8.61. The van der Waals surface area contributed by atoms with Gasteiger partial charge in [-0.1, -0.05) is 144 Å². The van der Waals surface area contributed by atoms with Gasteiger partial charge >= 0.3 is 0 Å². The first-order chi connectivity index (χ1) is 40.5. The highest BCUT2D eigenvalue weighted by Crippen LogP contribution is 2.73. The first kappa shape index (κ1) is 47.1. The monoisotopic (exact) mass is 1140 g/mol. The fourth-order valence-electron chi connectivity index (χ4n) is 13.5. The lowest BCUT2D eigenvalue weighted by Gasteiger charge is -2.40. The van der Waals surface area contributed by atoms with E-state index in [-0.39, 0.29) is 0 Å². The van der Waals surface area contributed by atoms with E-state index >= 15 is 4.21 Å². The maximum Gasteiger partial charge on any atom is 0.0601 e. The van der Waals surface area contributed by atoms with Gasteiger partial charge in [0.2, 0.25) is 0 Å². The van der Waals surface area contributed by atoms with Crippen LogP contribution in [0.4, 0.5) is 68.2 Å². The van der Waals surface area contributed by atoms with Crippen LogP contribution in [0.1, 0.15) is 0 Å². The van der Waals surface area contributed by atoms with Gasteiger partial charge in [0.15, 0.2) is 0 Å². The van der Waals surface area contributed by atoms with E-state index in [1.807, 2.05) is 0 Å². The number of anilines is 12. The Kier molecular flexibility index (Phi) is 10.0. The van der Waals surface area contributed by atoms with Crippen molar-refractivity contribution in [2.75, 3.05) is 19.6 Å². The minimum absolute atomic E-state index is 0.825. The van der Waals surface area contributed by atoms with Crippen LogP contribution in [-0.2, 0) is 9.07 Å². The number of fused-ring (bicyclic) bond motifs is 18. The van der Waals surface area contributed by atoms with Crippen molar-refractivity contribution in [3.05, 3.63) is 267 Å². The molecule has 0 radical (unpaired) electrons. The van der Waals surface area contributed by atoms with E-state index in [2.05, 4.69) is 287 Å². The molecule has 0 amide bonds. The lowest BCUT2D eigenvalue weighted by molar-refractivity contribution is 0.658. The molecular weight excluding hydrogens is 1100 g/mol. The molecule has 12 aromatic rings. The first-order valence-electron chi connectivity index (χ1n) is 27.4. The van der Waals surface area contributed by atoms with E-state index in [1.165, 1.54) is 39.2 Å². The third kappa shape index (κ3) is 6.38. The average molecular weight is 1140 g/mol. The quantitative estimate of drug-likeness (QED) is 0.171. The molecule has 12 aromatic carbocycles. The van der Waals surface area contributed by atoms with Gasteiger partial charge in [-0.25, -0.2) is 0 Å². The summed E-state index contributed by atoms with van der Waals surface area (Å²) in [4.78, 5) is 22.4. The van der Waals surface area contributed by atoms with Crippen LogP contribution in [0.2, 0.25) is 0 Å². The second kappa shape index (κ2) is 17.5. The molecule has 0 aromatic heterocycles. The predicted molar refractivity (Wildman–Crippen MR) is 340 cm³/mol. The van der Waals surface area contributed by atoms with Gasteiger partial charge in [0, 0.05) is 113 Å². The third-order valence-electron chi connectivity index (χ3n) is 16.9. The minimum atomic E-state index is -4.50. The van der Waals surface area contributed by atoms with Gasteiger partial charge in [-0.05, 0) is 170 Å². The molecule has 5 nitrogen and oxygen atoms in total. The van der Waals surface area contributed by atoms with E-state index in [4.69, 9.17) is 0 Å². The van der Waals surface area contributed by atoms with Crippen molar-refractivity contribution in [1.29, 1.82) is 0 Å². The minimum Gasteiger partial charge on any atom is -0.308 e.